The molecule has 0 aromatic carbocycles. The van der Waals surface area contributed by atoms with E-state index < -0.39 is 0 Å². The number of nitrogens with one attached hydrogen (secondary N) is 2. The Morgan fingerprint density at radius 3 is 3.00 bits per heavy atom. The minimum Gasteiger partial charge on any atom is -0.463 e. The SMILES string of the molecule is CCCOc1nc(NN)nc(N2CCNC(=O)C2C)n1. The normalized spacial score (nSPS) is 18.6. The number of hydrogen-bond donors (Lipinski definition) is 3. The summed E-state index contributed by atoms with van der Waals surface area (Å²) in [4.78, 5) is 25.9. The number of hydrazine groups is 1. The first-order valence-corrected chi connectivity index (χ1v) is 6.55. The van der Waals surface area contributed by atoms with E-state index >= 15 is 0 Å². The van der Waals surface area contributed by atoms with Crippen LogP contribution in [0, 0.1) is 0 Å². The molecule has 1 aliphatic rings. The number of ether oxygens (including phenoxy) is 1. The lowest BCUT2D eigenvalue weighted by molar-refractivity contribution is -0.122. The number of nitrogen functional groups attached to an aromatic ring is 1. The number of aromatic nitrogens is 3. The van der Waals surface area contributed by atoms with Crippen LogP contribution in [-0.2, 0) is 4.79 Å². The van der Waals surface area contributed by atoms with E-state index in [1.807, 2.05) is 6.92 Å². The van der Waals surface area contributed by atoms with Gasteiger partial charge in [-0.05, 0) is 13.3 Å². The molecule has 9 heteroatoms. The fourth-order valence-corrected chi connectivity index (χ4v) is 1.85. The van der Waals surface area contributed by atoms with Crippen LogP contribution in [0.3, 0.4) is 0 Å². The topological polar surface area (TPSA) is 118 Å². The third-order valence-corrected chi connectivity index (χ3v) is 2.92. The lowest BCUT2D eigenvalue weighted by Gasteiger charge is -2.32. The summed E-state index contributed by atoms with van der Waals surface area (Å²) in [7, 11) is 0. The molecule has 0 radical (unpaired) electrons. The van der Waals surface area contributed by atoms with Crippen molar-refractivity contribution in [2.45, 2.75) is 26.3 Å². The molecule has 1 unspecified atom stereocenters. The summed E-state index contributed by atoms with van der Waals surface area (Å²) in [5, 5.41) is 2.79. The van der Waals surface area contributed by atoms with Crippen LogP contribution in [0.4, 0.5) is 11.9 Å². The van der Waals surface area contributed by atoms with Crippen molar-refractivity contribution in [3.8, 4) is 6.01 Å². The van der Waals surface area contributed by atoms with Gasteiger partial charge in [-0.1, -0.05) is 6.92 Å². The third kappa shape index (κ3) is 3.05. The maximum atomic E-state index is 11.7. The molecule has 0 saturated carbocycles. The van der Waals surface area contributed by atoms with Crippen molar-refractivity contribution in [2.75, 3.05) is 30.0 Å². The molecule has 1 aromatic rings. The van der Waals surface area contributed by atoms with Gasteiger partial charge in [0.1, 0.15) is 6.04 Å². The molecule has 0 spiro atoms. The molecule has 0 aliphatic carbocycles. The van der Waals surface area contributed by atoms with Crippen LogP contribution in [0.1, 0.15) is 20.3 Å². The Kier molecular flexibility index (Phi) is 4.51. The maximum Gasteiger partial charge on any atom is 0.323 e. The number of piperazine rings is 1. The molecule has 1 aliphatic heterocycles. The first-order chi connectivity index (χ1) is 9.65. The Bertz CT molecular complexity index is 482. The average molecular weight is 281 g/mol. The van der Waals surface area contributed by atoms with Gasteiger partial charge in [0.05, 0.1) is 6.61 Å². The highest BCUT2D eigenvalue weighted by molar-refractivity contribution is 5.85. The second-order valence-electron chi connectivity index (χ2n) is 4.39. The molecule has 4 N–H and O–H groups in total. The molecule has 110 valence electrons. The molecule has 1 fully saturated rings. The van der Waals surface area contributed by atoms with Crippen LogP contribution in [-0.4, -0.2) is 46.6 Å². The van der Waals surface area contributed by atoms with Crippen molar-refractivity contribution in [1.29, 1.82) is 0 Å². The van der Waals surface area contributed by atoms with E-state index in [-0.39, 0.29) is 23.9 Å². The van der Waals surface area contributed by atoms with E-state index in [1.54, 1.807) is 11.8 Å². The molecule has 1 aromatic heterocycles. The van der Waals surface area contributed by atoms with E-state index in [0.29, 0.717) is 25.6 Å². The predicted molar refractivity (Wildman–Crippen MR) is 73.2 cm³/mol. The maximum absolute atomic E-state index is 11.7. The first kappa shape index (κ1) is 14.3. The van der Waals surface area contributed by atoms with Crippen LogP contribution in [0.5, 0.6) is 6.01 Å². The van der Waals surface area contributed by atoms with Gasteiger partial charge in [-0.3, -0.25) is 10.2 Å². The molecular weight excluding hydrogens is 262 g/mol. The molecule has 1 atom stereocenters. The summed E-state index contributed by atoms with van der Waals surface area (Å²) in [5.74, 6) is 5.88. The molecule has 9 nitrogen and oxygen atoms in total. The van der Waals surface area contributed by atoms with Crippen LogP contribution in [0.15, 0.2) is 0 Å². The number of hydrogen-bond acceptors (Lipinski definition) is 8. The molecule has 2 heterocycles. The van der Waals surface area contributed by atoms with Gasteiger partial charge in [0, 0.05) is 13.1 Å². The van der Waals surface area contributed by atoms with E-state index in [4.69, 9.17) is 10.6 Å². The Labute approximate surface area is 116 Å². The van der Waals surface area contributed by atoms with Crippen molar-refractivity contribution in [1.82, 2.24) is 20.3 Å². The number of anilines is 2. The van der Waals surface area contributed by atoms with Crippen LogP contribution < -0.4 is 26.2 Å². The Morgan fingerprint density at radius 2 is 2.30 bits per heavy atom. The molecule has 0 bridgehead atoms. The number of carbonyl (C=O) groups excluding carboxylic acids is 1. The zero-order valence-corrected chi connectivity index (χ0v) is 11.6. The zero-order chi connectivity index (χ0) is 14.5. The quantitative estimate of drug-likeness (QED) is 0.477. The van der Waals surface area contributed by atoms with Crippen molar-refractivity contribution in [3.63, 3.8) is 0 Å². The minimum absolute atomic E-state index is 0.0602. The Hall–Kier alpha value is -2.16. The number of carbonyl (C=O) groups is 1. The lowest BCUT2D eigenvalue weighted by atomic mass is 10.2. The fraction of sp³-hybridized carbons (Fsp3) is 0.636. The Balaban J connectivity index is 2.27. The van der Waals surface area contributed by atoms with Gasteiger partial charge in [-0.15, -0.1) is 0 Å². The predicted octanol–water partition coefficient (Wildman–Crippen LogP) is -0.729. The zero-order valence-electron chi connectivity index (χ0n) is 11.6. The average Bonchev–Trinajstić information content (AvgIpc) is 2.47. The van der Waals surface area contributed by atoms with Gasteiger partial charge in [0.15, 0.2) is 0 Å². The summed E-state index contributed by atoms with van der Waals surface area (Å²) < 4.78 is 5.41. The van der Waals surface area contributed by atoms with Crippen molar-refractivity contribution in [3.05, 3.63) is 0 Å². The number of nitrogens with zero attached hydrogens (tertiary/aromatic N) is 4. The molecule has 1 amide bonds. The van der Waals surface area contributed by atoms with Gasteiger partial charge in [0.25, 0.3) is 0 Å². The van der Waals surface area contributed by atoms with Gasteiger partial charge in [0.2, 0.25) is 17.8 Å². The molecule has 20 heavy (non-hydrogen) atoms. The standard InChI is InChI=1S/C11H19N7O2/c1-3-6-20-11-15-9(17-12)14-10(16-11)18-5-4-13-8(19)7(18)2/h7H,3-6,12H2,1-2H3,(H,13,19)(H,14,15,16,17). The van der Waals surface area contributed by atoms with E-state index in [1.165, 1.54) is 0 Å². The van der Waals surface area contributed by atoms with Gasteiger partial charge < -0.3 is 15.0 Å². The van der Waals surface area contributed by atoms with E-state index in [0.717, 1.165) is 6.42 Å². The number of rotatable bonds is 5. The molecule has 1 saturated heterocycles. The summed E-state index contributed by atoms with van der Waals surface area (Å²) >= 11 is 0. The smallest absolute Gasteiger partial charge is 0.323 e. The second kappa shape index (κ2) is 6.33. The highest BCUT2D eigenvalue weighted by Crippen LogP contribution is 2.18. The summed E-state index contributed by atoms with van der Waals surface area (Å²) in [5.41, 5.74) is 2.38. The third-order valence-electron chi connectivity index (χ3n) is 2.92. The summed E-state index contributed by atoms with van der Waals surface area (Å²) in [6.45, 7) is 5.45. The largest absolute Gasteiger partial charge is 0.463 e. The number of nitrogens with two attached hydrogens (primary N) is 1. The molecule has 2 rings (SSSR count). The Morgan fingerprint density at radius 1 is 1.50 bits per heavy atom. The van der Waals surface area contributed by atoms with E-state index in [9.17, 15) is 4.79 Å². The minimum atomic E-state index is -0.351. The second-order valence-corrected chi connectivity index (χ2v) is 4.39. The van der Waals surface area contributed by atoms with Crippen molar-refractivity contribution >= 4 is 17.8 Å². The van der Waals surface area contributed by atoms with Crippen molar-refractivity contribution < 1.29 is 9.53 Å². The van der Waals surface area contributed by atoms with Gasteiger partial charge >= 0.3 is 6.01 Å². The summed E-state index contributed by atoms with van der Waals surface area (Å²) in [6.07, 6.45) is 0.842. The van der Waals surface area contributed by atoms with Crippen LogP contribution in [0.2, 0.25) is 0 Å². The highest BCUT2D eigenvalue weighted by atomic mass is 16.5. The summed E-state index contributed by atoms with van der Waals surface area (Å²) in [6, 6.07) is -0.154. The number of amides is 1. The van der Waals surface area contributed by atoms with Gasteiger partial charge in [-0.25, -0.2) is 5.84 Å². The van der Waals surface area contributed by atoms with Crippen LogP contribution in [0.25, 0.3) is 0 Å². The van der Waals surface area contributed by atoms with Crippen molar-refractivity contribution in [2.24, 2.45) is 5.84 Å². The first-order valence-electron chi connectivity index (χ1n) is 6.55. The monoisotopic (exact) mass is 281 g/mol. The van der Waals surface area contributed by atoms with Crippen LogP contribution >= 0.6 is 0 Å². The van der Waals surface area contributed by atoms with E-state index in [2.05, 4.69) is 25.7 Å². The lowest BCUT2D eigenvalue weighted by Crippen LogP contribution is -2.54. The molecular formula is C11H19N7O2. The fourth-order valence-electron chi connectivity index (χ4n) is 1.85. The van der Waals surface area contributed by atoms with Gasteiger partial charge in [-0.2, -0.15) is 15.0 Å². The highest BCUT2D eigenvalue weighted by Gasteiger charge is 2.28.